The molecule has 0 bridgehead atoms. The largest absolute Gasteiger partial charge is 0.493 e. The highest BCUT2D eigenvalue weighted by Gasteiger charge is 2.29. The van der Waals surface area contributed by atoms with Crippen LogP contribution in [0.4, 0.5) is 5.69 Å². The second kappa shape index (κ2) is 16.0. The van der Waals surface area contributed by atoms with Crippen LogP contribution in [0.5, 0.6) is 17.2 Å². The number of methoxy groups -OCH3 is 3. The molecule has 3 atom stereocenters. The zero-order chi connectivity index (χ0) is 32.4. The van der Waals surface area contributed by atoms with E-state index in [1.54, 1.807) is 40.4 Å². The van der Waals surface area contributed by atoms with Crippen LogP contribution in [0.1, 0.15) is 76.5 Å². The minimum atomic E-state index is -1.03. The normalized spacial score (nSPS) is 15.0. The number of benzene rings is 1. The predicted molar refractivity (Wildman–Crippen MR) is 169 cm³/mol. The number of anilines is 1. The van der Waals surface area contributed by atoms with Gasteiger partial charge in [-0.3, -0.25) is 14.4 Å². The third-order valence-electron chi connectivity index (χ3n) is 8.11. The molecule has 44 heavy (non-hydrogen) atoms. The summed E-state index contributed by atoms with van der Waals surface area (Å²) in [6.07, 6.45) is 4.11. The minimum absolute atomic E-state index is 0.155. The average molecular weight is 612 g/mol. The predicted octanol–water partition coefficient (Wildman–Crippen LogP) is 4.45. The second-order valence-corrected chi connectivity index (χ2v) is 11.1. The third-order valence-corrected chi connectivity index (χ3v) is 8.11. The van der Waals surface area contributed by atoms with E-state index in [0.29, 0.717) is 67.1 Å². The maximum atomic E-state index is 13.4. The smallest absolute Gasteiger partial charge is 0.326 e. The Labute approximate surface area is 258 Å². The van der Waals surface area contributed by atoms with Crippen molar-refractivity contribution in [3.05, 3.63) is 45.6 Å². The Morgan fingerprint density at radius 1 is 1.02 bits per heavy atom. The molecule has 0 aromatic heterocycles. The summed E-state index contributed by atoms with van der Waals surface area (Å²) in [5.41, 5.74) is 3.37. The van der Waals surface area contributed by atoms with E-state index in [2.05, 4.69) is 16.0 Å². The van der Waals surface area contributed by atoms with Gasteiger partial charge in [-0.05, 0) is 66.5 Å². The number of nitrogens with one attached hydrogen (secondary N) is 3. The highest BCUT2D eigenvalue weighted by molar-refractivity contribution is 5.84. The van der Waals surface area contributed by atoms with Gasteiger partial charge >= 0.3 is 5.97 Å². The Kier molecular flexibility index (Phi) is 12.4. The third kappa shape index (κ3) is 8.21. The molecule has 1 aliphatic carbocycles. The first-order valence-electron chi connectivity index (χ1n) is 15.1. The van der Waals surface area contributed by atoms with Crippen molar-refractivity contribution in [1.82, 2.24) is 10.6 Å². The molecule has 11 nitrogen and oxygen atoms in total. The fourth-order valence-corrected chi connectivity index (χ4v) is 5.59. The number of aliphatic carboxylic acids is 1. The number of aryl methyl sites for hydroxylation is 1. The number of carbonyl (C=O) groups is 3. The van der Waals surface area contributed by atoms with Crippen LogP contribution in [0.2, 0.25) is 0 Å². The average Bonchev–Trinajstić information content (AvgIpc) is 3.24. The van der Waals surface area contributed by atoms with Gasteiger partial charge in [-0.25, -0.2) is 4.79 Å². The Bertz CT molecular complexity index is 1410. The number of fused-ring (bicyclic) bond motifs is 3. The summed E-state index contributed by atoms with van der Waals surface area (Å²) < 4.78 is 17.0. The molecule has 2 amide bonds. The van der Waals surface area contributed by atoms with Gasteiger partial charge in [0.1, 0.15) is 6.04 Å². The number of amides is 2. The maximum absolute atomic E-state index is 13.4. The highest BCUT2D eigenvalue weighted by atomic mass is 16.5. The van der Waals surface area contributed by atoms with E-state index < -0.39 is 18.1 Å². The van der Waals surface area contributed by atoms with Gasteiger partial charge in [-0.1, -0.05) is 32.8 Å². The van der Waals surface area contributed by atoms with Crippen molar-refractivity contribution < 1.29 is 33.7 Å². The van der Waals surface area contributed by atoms with Crippen LogP contribution in [0, 0.1) is 5.92 Å². The number of carboxylic acid groups (broad SMARTS) is 1. The summed E-state index contributed by atoms with van der Waals surface area (Å²) in [5.74, 6) is -0.190. The van der Waals surface area contributed by atoms with Gasteiger partial charge in [0.15, 0.2) is 11.5 Å². The lowest BCUT2D eigenvalue weighted by atomic mass is 9.95. The summed E-state index contributed by atoms with van der Waals surface area (Å²) in [6.45, 7) is 5.66. The van der Waals surface area contributed by atoms with Gasteiger partial charge in [0.05, 0.1) is 33.1 Å². The number of rotatable bonds is 15. The number of hydrogen-bond acceptors (Lipinski definition) is 8. The van der Waals surface area contributed by atoms with Crippen LogP contribution in [0.25, 0.3) is 11.1 Å². The molecular weight excluding hydrogens is 566 g/mol. The fraction of sp³-hybridized carbons (Fsp3) is 0.515. The molecule has 0 saturated carbocycles. The van der Waals surface area contributed by atoms with Crippen LogP contribution in [0.15, 0.2) is 29.1 Å². The van der Waals surface area contributed by atoms with E-state index >= 15 is 0 Å². The fourth-order valence-electron chi connectivity index (χ4n) is 5.59. The molecule has 4 N–H and O–H groups in total. The quantitative estimate of drug-likeness (QED) is 0.214. The summed E-state index contributed by atoms with van der Waals surface area (Å²) in [7, 11) is 4.66. The minimum Gasteiger partial charge on any atom is -0.493 e. The van der Waals surface area contributed by atoms with Gasteiger partial charge in [0.25, 0.3) is 0 Å². The molecule has 0 radical (unpaired) electrons. The van der Waals surface area contributed by atoms with E-state index in [9.17, 15) is 24.3 Å². The molecule has 2 aromatic carbocycles. The van der Waals surface area contributed by atoms with Crippen molar-refractivity contribution in [1.29, 1.82) is 0 Å². The molecule has 1 aliphatic rings. The van der Waals surface area contributed by atoms with Crippen molar-refractivity contribution in [2.24, 2.45) is 5.92 Å². The topological polar surface area (TPSA) is 152 Å². The van der Waals surface area contributed by atoms with Crippen molar-refractivity contribution in [3.8, 4) is 28.4 Å². The van der Waals surface area contributed by atoms with E-state index in [1.165, 1.54) is 6.92 Å². The van der Waals surface area contributed by atoms with Crippen LogP contribution in [0.3, 0.4) is 0 Å². The Hall–Kier alpha value is -4.28. The van der Waals surface area contributed by atoms with Gasteiger partial charge in [-0.2, -0.15) is 0 Å². The molecule has 0 unspecified atom stereocenters. The monoisotopic (exact) mass is 611 g/mol. The molecule has 2 aromatic rings. The van der Waals surface area contributed by atoms with Crippen molar-refractivity contribution in [3.63, 3.8) is 0 Å². The maximum Gasteiger partial charge on any atom is 0.326 e. The lowest BCUT2D eigenvalue weighted by Gasteiger charge is -2.20. The lowest BCUT2D eigenvalue weighted by molar-refractivity contribution is -0.143. The van der Waals surface area contributed by atoms with Gasteiger partial charge in [0.2, 0.25) is 23.0 Å². The molecule has 240 valence electrons. The molecule has 0 aliphatic heterocycles. The molecule has 0 fully saturated rings. The van der Waals surface area contributed by atoms with E-state index in [4.69, 9.17) is 14.2 Å². The Morgan fingerprint density at radius 2 is 1.75 bits per heavy atom. The van der Waals surface area contributed by atoms with E-state index in [-0.39, 0.29) is 29.6 Å². The summed E-state index contributed by atoms with van der Waals surface area (Å²) >= 11 is 0. The number of ether oxygens (including phenoxy) is 3. The van der Waals surface area contributed by atoms with Gasteiger partial charge < -0.3 is 35.3 Å². The van der Waals surface area contributed by atoms with E-state index in [1.807, 2.05) is 19.1 Å². The summed E-state index contributed by atoms with van der Waals surface area (Å²) in [6, 6.07) is 5.81. The second-order valence-electron chi connectivity index (χ2n) is 11.1. The Balaban J connectivity index is 1.80. The lowest BCUT2D eigenvalue weighted by Crippen LogP contribution is -2.44. The number of carbonyl (C=O) groups excluding carboxylic acids is 2. The molecule has 0 heterocycles. The zero-order valence-corrected chi connectivity index (χ0v) is 26.5. The number of hydrogen-bond donors (Lipinski definition) is 4. The van der Waals surface area contributed by atoms with Crippen molar-refractivity contribution in [2.45, 2.75) is 77.8 Å². The highest BCUT2D eigenvalue weighted by Crippen LogP contribution is 2.50. The van der Waals surface area contributed by atoms with Crippen molar-refractivity contribution >= 4 is 23.5 Å². The number of unbranched alkanes of at least 4 members (excludes halogenated alkanes) is 2. The number of carboxylic acids is 1. The molecule has 11 heteroatoms. The summed E-state index contributed by atoms with van der Waals surface area (Å²) in [4.78, 5) is 49.3. The molecular formula is C33H45N3O8. The first-order valence-corrected chi connectivity index (χ1v) is 15.1. The van der Waals surface area contributed by atoms with E-state index in [0.717, 1.165) is 23.1 Å². The Morgan fingerprint density at radius 3 is 2.36 bits per heavy atom. The molecule has 0 spiro atoms. The molecule has 0 saturated heterocycles. The van der Waals surface area contributed by atoms with Gasteiger partial charge in [0, 0.05) is 25.5 Å². The van der Waals surface area contributed by atoms with Crippen LogP contribution >= 0.6 is 0 Å². The first-order chi connectivity index (χ1) is 21.1. The van der Waals surface area contributed by atoms with Crippen molar-refractivity contribution in [2.75, 3.05) is 33.2 Å². The van der Waals surface area contributed by atoms with Crippen LogP contribution in [-0.2, 0) is 20.8 Å². The van der Waals surface area contributed by atoms with Gasteiger partial charge in [-0.15, -0.1) is 0 Å². The first kappa shape index (κ1) is 34.2. The summed E-state index contributed by atoms with van der Waals surface area (Å²) in [5, 5.41) is 18.2. The van der Waals surface area contributed by atoms with Crippen LogP contribution in [-0.4, -0.2) is 56.8 Å². The van der Waals surface area contributed by atoms with Crippen LogP contribution < -0.4 is 35.6 Å². The SMILES string of the molecule is CC[C@@H](C)[C@H](NC(=O)CCCCCNc1ccc2c(cc1=O)[C@@H](NC(C)=O)CCc1cc(OC)c(OC)c(OC)c1-2)C(=O)O. The molecule has 3 rings (SSSR count). The zero-order valence-electron chi connectivity index (χ0n) is 26.5. The standard InChI is InChI=1S/C33H45N3O8/c1-7-19(2)30(33(40)41)36-28(39)11-9-8-10-16-34-25-15-13-22-23(18-26(25)38)24(35-20(3)37)14-12-21-17-27(42-4)31(43-5)32(44-6)29(21)22/h13,15,17-19,24,30H,7-12,14,16H2,1-6H3,(H,34,38)(H,35,37)(H,36,39)(H,40,41)/t19-,24+,30+/m1/s1.